The highest BCUT2D eigenvalue weighted by Crippen LogP contribution is 2.07. The molecule has 0 unspecified atom stereocenters. The molecule has 0 heterocycles. The maximum Gasteiger partial charge on any atom is 0.326 e. The maximum absolute atomic E-state index is 11.8. The number of carbonyl (C=O) groups is 2. The molecule has 0 saturated carbocycles. The van der Waals surface area contributed by atoms with Gasteiger partial charge in [-0.25, -0.2) is 4.79 Å². The van der Waals surface area contributed by atoms with Gasteiger partial charge in [-0.1, -0.05) is 13.3 Å². The van der Waals surface area contributed by atoms with E-state index >= 15 is 0 Å². The first-order valence-electron chi connectivity index (χ1n) is 5.33. The van der Waals surface area contributed by atoms with Crippen LogP contribution in [0, 0.1) is 3.57 Å². The molecular formula is C12H14INO3. The van der Waals surface area contributed by atoms with Gasteiger partial charge in [0.2, 0.25) is 0 Å². The van der Waals surface area contributed by atoms with Crippen LogP contribution in [0.1, 0.15) is 30.1 Å². The van der Waals surface area contributed by atoms with Gasteiger partial charge in [-0.2, -0.15) is 0 Å². The lowest BCUT2D eigenvalue weighted by atomic mass is 10.1. The molecule has 1 rings (SSSR count). The average molecular weight is 347 g/mol. The zero-order valence-corrected chi connectivity index (χ0v) is 11.6. The van der Waals surface area contributed by atoms with Gasteiger partial charge in [0, 0.05) is 9.13 Å². The first-order valence-corrected chi connectivity index (χ1v) is 6.41. The summed E-state index contributed by atoms with van der Waals surface area (Å²) in [6.07, 6.45) is 1.15. The molecule has 0 saturated heterocycles. The molecule has 0 aliphatic rings. The molecule has 92 valence electrons. The minimum absolute atomic E-state index is 0.345. The quantitative estimate of drug-likeness (QED) is 0.803. The van der Waals surface area contributed by atoms with Crippen molar-refractivity contribution in [1.82, 2.24) is 5.32 Å². The summed E-state index contributed by atoms with van der Waals surface area (Å²) in [5.74, 6) is -1.34. The molecular weight excluding hydrogens is 333 g/mol. The predicted molar refractivity (Wildman–Crippen MR) is 73.0 cm³/mol. The summed E-state index contributed by atoms with van der Waals surface area (Å²) in [7, 11) is 0. The number of hydrogen-bond donors (Lipinski definition) is 2. The number of aliphatic carboxylic acids is 1. The van der Waals surface area contributed by atoms with Crippen molar-refractivity contribution in [2.45, 2.75) is 25.8 Å². The first kappa shape index (κ1) is 14.0. The van der Waals surface area contributed by atoms with Crippen LogP contribution in [0.25, 0.3) is 0 Å². The Hall–Kier alpha value is -1.11. The van der Waals surface area contributed by atoms with E-state index in [-0.39, 0.29) is 5.91 Å². The highest BCUT2D eigenvalue weighted by molar-refractivity contribution is 14.1. The second-order valence-electron chi connectivity index (χ2n) is 3.66. The fraction of sp³-hybridized carbons (Fsp3) is 0.333. The van der Waals surface area contributed by atoms with Crippen LogP contribution in [-0.4, -0.2) is 23.0 Å². The van der Waals surface area contributed by atoms with Gasteiger partial charge in [0.05, 0.1) is 0 Å². The van der Waals surface area contributed by atoms with Crippen molar-refractivity contribution >= 4 is 34.5 Å². The standard InChI is InChI=1S/C12H14INO3/c1-2-3-10(12(16)17)14-11(15)8-4-6-9(13)7-5-8/h4-7,10H,2-3H2,1H3,(H,14,15)(H,16,17)/t10-/m0/s1. The van der Waals surface area contributed by atoms with Crippen molar-refractivity contribution in [3.8, 4) is 0 Å². The third-order valence-corrected chi connectivity index (χ3v) is 3.01. The number of carboxylic acids is 1. The third-order valence-electron chi connectivity index (χ3n) is 2.29. The highest BCUT2D eigenvalue weighted by atomic mass is 127. The average Bonchev–Trinajstić information content (AvgIpc) is 2.29. The number of carboxylic acid groups (broad SMARTS) is 1. The summed E-state index contributed by atoms with van der Waals surface area (Å²) >= 11 is 2.14. The van der Waals surface area contributed by atoms with Crippen LogP contribution < -0.4 is 5.32 Å². The van der Waals surface area contributed by atoms with Gasteiger partial charge >= 0.3 is 5.97 Å². The second-order valence-corrected chi connectivity index (χ2v) is 4.91. The molecule has 17 heavy (non-hydrogen) atoms. The maximum atomic E-state index is 11.8. The molecule has 0 bridgehead atoms. The number of benzene rings is 1. The largest absolute Gasteiger partial charge is 0.480 e. The van der Waals surface area contributed by atoms with Gasteiger partial charge < -0.3 is 10.4 Å². The predicted octanol–water partition coefficient (Wildman–Crippen LogP) is 2.27. The van der Waals surface area contributed by atoms with Gasteiger partial charge in [-0.05, 0) is 53.3 Å². The van der Waals surface area contributed by atoms with Crippen molar-refractivity contribution in [3.63, 3.8) is 0 Å². The zero-order valence-electron chi connectivity index (χ0n) is 9.44. The Morgan fingerprint density at radius 3 is 2.41 bits per heavy atom. The van der Waals surface area contributed by atoms with Crippen molar-refractivity contribution in [1.29, 1.82) is 0 Å². The summed E-state index contributed by atoms with van der Waals surface area (Å²) in [6, 6.07) is 6.17. The van der Waals surface area contributed by atoms with E-state index in [4.69, 9.17) is 5.11 Å². The number of halogens is 1. The van der Waals surface area contributed by atoms with Crippen LogP contribution in [0.2, 0.25) is 0 Å². The van der Waals surface area contributed by atoms with Gasteiger partial charge in [0.15, 0.2) is 0 Å². The Labute approximate surface area is 114 Å². The molecule has 1 aromatic carbocycles. The molecule has 0 aliphatic carbocycles. The summed E-state index contributed by atoms with van der Waals surface area (Å²) in [4.78, 5) is 22.7. The number of amides is 1. The van der Waals surface area contributed by atoms with E-state index in [1.807, 2.05) is 19.1 Å². The fourth-order valence-corrected chi connectivity index (χ4v) is 1.75. The van der Waals surface area contributed by atoms with E-state index in [9.17, 15) is 9.59 Å². The molecule has 5 heteroatoms. The lowest BCUT2D eigenvalue weighted by molar-refractivity contribution is -0.139. The lowest BCUT2D eigenvalue weighted by Crippen LogP contribution is -2.40. The molecule has 1 atom stereocenters. The summed E-state index contributed by atoms with van der Waals surface area (Å²) < 4.78 is 1.03. The number of carbonyl (C=O) groups excluding carboxylic acids is 1. The van der Waals surface area contributed by atoms with Gasteiger partial charge in [-0.15, -0.1) is 0 Å². The van der Waals surface area contributed by atoms with Gasteiger partial charge in [0.25, 0.3) is 5.91 Å². The Morgan fingerprint density at radius 1 is 1.35 bits per heavy atom. The van der Waals surface area contributed by atoms with Gasteiger partial charge in [-0.3, -0.25) is 4.79 Å². The van der Waals surface area contributed by atoms with Crippen LogP contribution >= 0.6 is 22.6 Å². The lowest BCUT2D eigenvalue weighted by Gasteiger charge is -2.13. The van der Waals surface area contributed by atoms with Crippen LogP contribution in [0.15, 0.2) is 24.3 Å². The minimum atomic E-state index is -0.995. The summed E-state index contributed by atoms with van der Waals surface area (Å²) in [6.45, 7) is 1.88. The van der Waals surface area contributed by atoms with Crippen molar-refractivity contribution < 1.29 is 14.7 Å². The number of rotatable bonds is 5. The minimum Gasteiger partial charge on any atom is -0.480 e. The Morgan fingerprint density at radius 2 is 1.94 bits per heavy atom. The molecule has 0 aliphatic heterocycles. The smallest absolute Gasteiger partial charge is 0.326 e. The second kappa shape index (κ2) is 6.58. The van der Waals surface area contributed by atoms with E-state index < -0.39 is 12.0 Å². The Bertz CT molecular complexity index is 403. The SMILES string of the molecule is CCC[C@H](NC(=O)c1ccc(I)cc1)C(=O)O. The summed E-state index contributed by atoms with van der Waals surface area (Å²) in [5.41, 5.74) is 0.479. The number of hydrogen-bond acceptors (Lipinski definition) is 2. The monoisotopic (exact) mass is 347 g/mol. The van der Waals surface area contributed by atoms with Crippen LogP contribution in [0.3, 0.4) is 0 Å². The molecule has 2 N–H and O–H groups in total. The first-order chi connectivity index (χ1) is 8.04. The van der Waals surface area contributed by atoms with Crippen molar-refractivity contribution in [2.24, 2.45) is 0 Å². The van der Waals surface area contributed by atoms with E-state index in [0.717, 1.165) is 3.57 Å². The third kappa shape index (κ3) is 4.33. The normalized spacial score (nSPS) is 11.9. The van der Waals surface area contributed by atoms with Gasteiger partial charge in [0.1, 0.15) is 6.04 Å². The molecule has 0 aromatic heterocycles. The zero-order chi connectivity index (χ0) is 12.8. The van der Waals surface area contributed by atoms with Crippen LogP contribution in [0.4, 0.5) is 0 Å². The van der Waals surface area contributed by atoms with Crippen LogP contribution in [0.5, 0.6) is 0 Å². The molecule has 0 fully saturated rings. The molecule has 1 amide bonds. The highest BCUT2D eigenvalue weighted by Gasteiger charge is 2.19. The van der Waals surface area contributed by atoms with Crippen molar-refractivity contribution in [2.75, 3.05) is 0 Å². The molecule has 1 aromatic rings. The topological polar surface area (TPSA) is 66.4 Å². The van der Waals surface area contributed by atoms with E-state index in [2.05, 4.69) is 27.9 Å². The van der Waals surface area contributed by atoms with E-state index in [0.29, 0.717) is 18.4 Å². The summed E-state index contributed by atoms with van der Waals surface area (Å²) in [5, 5.41) is 11.4. The molecule has 4 nitrogen and oxygen atoms in total. The fourth-order valence-electron chi connectivity index (χ4n) is 1.39. The van der Waals surface area contributed by atoms with Crippen molar-refractivity contribution in [3.05, 3.63) is 33.4 Å². The van der Waals surface area contributed by atoms with Crippen LogP contribution in [-0.2, 0) is 4.79 Å². The Kier molecular flexibility index (Phi) is 5.40. The van der Waals surface area contributed by atoms with E-state index in [1.165, 1.54) is 0 Å². The van der Waals surface area contributed by atoms with E-state index in [1.54, 1.807) is 12.1 Å². The number of nitrogens with one attached hydrogen (secondary N) is 1. The molecule has 0 spiro atoms. The molecule has 0 radical (unpaired) electrons. The Balaban J connectivity index is 2.70.